The second kappa shape index (κ2) is 8.44. The van der Waals surface area contributed by atoms with Crippen molar-refractivity contribution in [2.24, 2.45) is 5.92 Å². The van der Waals surface area contributed by atoms with Gasteiger partial charge < -0.3 is 15.0 Å². The maximum Gasteiger partial charge on any atom is 0.227 e. The quantitative estimate of drug-likeness (QED) is 0.684. The Kier molecular flexibility index (Phi) is 5.58. The Morgan fingerprint density at radius 3 is 2.64 bits per heavy atom. The van der Waals surface area contributed by atoms with Crippen LogP contribution >= 0.6 is 0 Å². The number of aromatic amines is 1. The molecule has 1 aliphatic rings. The lowest BCUT2D eigenvalue weighted by atomic mass is 9.96. The van der Waals surface area contributed by atoms with Gasteiger partial charge in [0.05, 0.1) is 24.2 Å². The second-order valence-corrected chi connectivity index (χ2v) is 7.20. The van der Waals surface area contributed by atoms with Crippen LogP contribution < -0.4 is 10.1 Å². The number of nitrogens with one attached hydrogen (secondary N) is 2. The van der Waals surface area contributed by atoms with Gasteiger partial charge in [-0.1, -0.05) is 12.1 Å². The van der Waals surface area contributed by atoms with E-state index < -0.39 is 0 Å². The van der Waals surface area contributed by atoms with Crippen LogP contribution in [0.5, 0.6) is 5.75 Å². The molecule has 146 valence electrons. The molecule has 1 fully saturated rings. The monoisotopic (exact) mass is 378 g/mol. The molecule has 0 unspecified atom stereocenters. The largest absolute Gasteiger partial charge is 0.494 e. The Hall–Kier alpha value is -2.86. The van der Waals surface area contributed by atoms with E-state index in [-0.39, 0.29) is 11.8 Å². The van der Waals surface area contributed by atoms with Crippen molar-refractivity contribution in [1.82, 2.24) is 14.9 Å². The van der Waals surface area contributed by atoms with Crippen LogP contribution in [-0.2, 0) is 11.3 Å². The minimum absolute atomic E-state index is 0.0542. The van der Waals surface area contributed by atoms with E-state index in [0.717, 1.165) is 60.8 Å². The van der Waals surface area contributed by atoms with Gasteiger partial charge in [-0.05, 0) is 69.3 Å². The number of rotatable bonds is 6. The molecule has 0 aliphatic carbocycles. The molecular weight excluding hydrogens is 352 g/mol. The van der Waals surface area contributed by atoms with Crippen LogP contribution in [0.1, 0.15) is 25.6 Å². The molecule has 28 heavy (non-hydrogen) atoms. The number of imidazole rings is 1. The minimum atomic E-state index is 0.0542. The molecule has 0 spiro atoms. The number of ether oxygens (including phenoxy) is 1. The van der Waals surface area contributed by atoms with Gasteiger partial charge in [-0.15, -0.1) is 0 Å². The molecule has 6 nitrogen and oxygen atoms in total. The number of para-hydroxylation sites is 2. The van der Waals surface area contributed by atoms with Crippen LogP contribution in [0.15, 0.2) is 48.5 Å². The molecule has 0 radical (unpaired) electrons. The number of H-pyrrole nitrogens is 1. The van der Waals surface area contributed by atoms with Crippen molar-refractivity contribution < 1.29 is 9.53 Å². The first kappa shape index (κ1) is 18.5. The Balaban J connectivity index is 1.27. The second-order valence-electron chi connectivity index (χ2n) is 7.20. The van der Waals surface area contributed by atoms with Crippen molar-refractivity contribution in [3.63, 3.8) is 0 Å². The van der Waals surface area contributed by atoms with Gasteiger partial charge in [0.15, 0.2) is 0 Å². The summed E-state index contributed by atoms with van der Waals surface area (Å²) in [4.78, 5) is 23.0. The van der Waals surface area contributed by atoms with Crippen LogP contribution in [0.3, 0.4) is 0 Å². The van der Waals surface area contributed by atoms with Gasteiger partial charge in [0.1, 0.15) is 11.6 Å². The number of likely N-dealkylation sites (tertiary alicyclic amines) is 1. The van der Waals surface area contributed by atoms with Crippen molar-refractivity contribution in [2.45, 2.75) is 26.3 Å². The number of aromatic nitrogens is 2. The highest BCUT2D eigenvalue weighted by atomic mass is 16.5. The molecule has 2 aromatic carbocycles. The average Bonchev–Trinajstić information content (AvgIpc) is 3.12. The summed E-state index contributed by atoms with van der Waals surface area (Å²) < 4.78 is 5.44. The summed E-state index contributed by atoms with van der Waals surface area (Å²) in [6.45, 7) is 5.19. The van der Waals surface area contributed by atoms with Crippen LogP contribution in [0.2, 0.25) is 0 Å². The first-order valence-electron chi connectivity index (χ1n) is 9.91. The van der Waals surface area contributed by atoms with E-state index in [2.05, 4.69) is 20.2 Å². The molecule has 1 aliphatic heterocycles. The predicted octanol–water partition coefficient (Wildman–Crippen LogP) is 3.81. The molecule has 0 saturated carbocycles. The number of hydrogen-bond donors (Lipinski definition) is 2. The summed E-state index contributed by atoms with van der Waals surface area (Å²) in [6.07, 6.45) is 1.73. The number of carbonyl (C=O) groups excluding carboxylic acids is 1. The first-order chi connectivity index (χ1) is 13.7. The maximum atomic E-state index is 12.6. The molecule has 1 saturated heterocycles. The first-order valence-corrected chi connectivity index (χ1v) is 9.91. The Morgan fingerprint density at radius 2 is 1.93 bits per heavy atom. The third-order valence-electron chi connectivity index (χ3n) is 5.20. The van der Waals surface area contributed by atoms with Gasteiger partial charge in [-0.2, -0.15) is 0 Å². The zero-order chi connectivity index (χ0) is 19.3. The lowest BCUT2D eigenvalue weighted by Crippen LogP contribution is -2.38. The number of nitrogens with zero attached hydrogens (tertiary/aromatic N) is 2. The molecule has 3 aromatic rings. The van der Waals surface area contributed by atoms with E-state index in [4.69, 9.17) is 4.74 Å². The maximum absolute atomic E-state index is 12.6. The smallest absolute Gasteiger partial charge is 0.227 e. The fourth-order valence-corrected chi connectivity index (χ4v) is 3.69. The molecule has 0 atom stereocenters. The fourth-order valence-electron chi connectivity index (χ4n) is 3.69. The van der Waals surface area contributed by atoms with Crippen molar-refractivity contribution >= 4 is 22.6 Å². The Morgan fingerprint density at radius 1 is 1.18 bits per heavy atom. The molecular formula is C22H26N4O2. The Bertz CT molecular complexity index is 894. The predicted molar refractivity (Wildman–Crippen MR) is 110 cm³/mol. The average molecular weight is 378 g/mol. The van der Waals surface area contributed by atoms with Crippen molar-refractivity contribution in [3.8, 4) is 5.75 Å². The highest BCUT2D eigenvalue weighted by Crippen LogP contribution is 2.22. The summed E-state index contributed by atoms with van der Waals surface area (Å²) in [7, 11) is 0. The molecule has 2 N–H and O–H groups in total. The third-order valence-corrected chi connectivity index (χ3v) is 5.20. The van der Waals surface area contributed by atoms with Gasteiger partial charge in [0.2, 0.25) is 5.91 Å². The van der Waals surface area contributed by atoms with Crippen molar-refractivity contribution in [1.29, 1.82) is 0 Å². The molecule has 6 heteroatoms. The summed E-state index contributed by atoms with van der Waals surface area (Å²) >= 11 is 0. The topological polar surface area (TPSA) is 70.2 Å². The number of benzene rings is 2. The molecule has 1 amide bonds. The van der Waals surface area contributed by atoms with Gasteiger partial charge in [0.25, 0.3) is 0 Å². The van der Waals surface area contributed by atoms with Crippen molar-refractivity contribution in [2.75, 3.05) is 25.0 Å². The van der Waals surface area contributed by atoms with Gasteiger partial charge in [0, 0.05) is 11.6 Å². The van der Waals surface area contributed by atoms with E-state index in [0.29, 0.717) is 6.61 Å². The number of carbonyl (C=O) groups is 1. The van der Waals surface area contributed by atoms with Crippen LogP contribution in [0, 0.1) is 5.92 Å². The normalized spacial score (nSPS) is 15.6. The number of anilines is 1. The van der Waals surface area contributed by atoms with E-state index in [9.17, 15) is 4.79 Å². The minimum Gasteiger partial charge on any atom is -0.494 e. The van der Waals surface area contributed by atoms with Crippen LogP contribution in [0.4, 0.5) is 5.69 Å². The van der Waals surface area contributed by atoms with E-state index >= 15 is 0 Å². The van der Waals surface area contributed by atoms with Gasteiger partial charge in [-0.3, -0.25) is 9.69 Å². The zero-order valence-electron chi connectivity index (χ0n) is 16.1. The highest BCUT2D eigenvalue weighted by Gasteiger charge is 2.25. The fraction of sp³-hybridized carbons (Fsp3) is 0.364. The van der Waals surface area contributed by atoms with Crippen LogP contribution in [0.25, 0.3) is 11.0 Å². The van der Waals surface area contributed by atoms with Crippen LogP contribution in [-0.4, -0.2) is 40.5 Å². The van der Waals surface area contributed by atoms with Crippen molar-refractivity contribution in [3.05, 3.63) is 54.4 Å². The number of amides is 1. The standard InChI is InChI=1S/C22H26N4O2/c1-2-28-18-9-7-17(8-10-18)23-22(27)16-11-13-26(14-12-16)15-21-24-19-5-3-4-6-20(19)25-21/h3-10,16H,2,11-15H2,1H3,(H,23,27)(H,24,25). The number of fused-ring (bicyclic) bond motifs is 1. The lowest BCUT2D eigenvalue weighted by molar-refractivity contribution is -0.121. The van der Waals surface area contributed by atoms with E-state index in [1.807, 2.05) is 55.5 Å². The molecule has 4 rings (SSSR count). The SMILES string of the molecule is CCOc1ccc(NC(=O)C2CCN(Cc3nc4ccccc4[nH]3)CC2)cc1. The lowest BCUT2D eigenvalue weighted by Gasteiger charge is -2.30. The molecule has 2 heterocycles. The summed E-state index contributed by atoms with van der Waals surface area (Å²) in [5.74, 6) is 1.96. The summed E-state index contributed by atoms with van der Waals surface area (Å²) in [6, 6.07) is 15.6. The third kappa shape index (κ3) is 4.34. The number of piperidine rings is 1. The van der Waals surface area contributed by atoms with E-state index in [1.165, 1.54) is 0 Å². The van der Waals surface area contributed by atoms with E-state index in [1.54, 1.807) is 0 Å². The zero-order valence-corrected chi connectivity index (χ0v) is 16.1. The molecule has 0 bridgehead atoms. The van der Waals surface area contributed by atoms with Gasteiger partial charge in [-0.25, -0.2) is 4.98 Å². The Labute approximate surface area is 164 Å². The highest BCUT2D eigenvalue weighted by molar-refractivity contribution is 5.92. The molecule has 1 aromatic heterocycles. The number of hydrogen-bond acceptors (Lipinski definition) is 4. The summed E-state index contributed by atoms with van der Waals surface area (Å²) in [5.41, 5.74) is 2.89. The van der Waals surface area contributed by atoms with Gasteiger partial charge >= 0.3 is 0 Å². The summed E-state index contributed by atoms with van der Waals surface area (Å²) in [5, 5.41) is 3.03.